The zero-order valence-corrected chi connectivity index (χ0v) is 26.6. The summed E-state index contributed by atoms with van der Waals surface area (Å²) in [6.07, 6.45) is 1.10. The van der Waals surface area contributed by atoms with Crippen LogP contribution in [0.2, 0.25) is 5.02 Å². The van der Waals surface area contributed by atoms with Gasteiger partial charge in [0.05, 0.1) is 19.4 Å². The fraction of sp³-hybridized carbons (Fsp3) is 0.258. The van der Waals surface area contributed by atoms with Crippen molar-refractivity contribution in [3.05, 3.63) is 92.6 Å². The van der Waals surface area contributed by atoms with E-state index in [-0.39, 0.29) is 41.6 Å². The van der Waals surface area contributed by atoms with Gasteiger partial charge in [0.25, 0.3) is 0 Å². The highest BCUT2D eigenvalue weighted by Gasteiger charge is 2.19. The molecule has 0 saturated heterocycles. The Morgan fingerprint density at radius 2 is 1.77 bits per heavy atom. The molecule has 0 atom stereocenters. The first-order chi connectivity index (χ1) is 20.6. The zero-order chi connectivity index (χ0) is 31.1. The third-order valence-electron chi connectivity index (χ3n) is 6.08. The van der Waals surface area contributed by atoms with Gasteiger partial charge in [-0.3, -0.25) is 4.79 Å². The minimum absolute atomic E-state index is 0.0661. The molecule has 226 valence electrons. The Morgan fingerprint density at radius 3 is 2.42 bits per heavy atom. The topological polar surface area (TPSA) is 114 Å². The Kier molecular flexibility index (Phi) is 10.5. The van der Waals surface area contributed by atoms with E-state index in [4.69, 9.17) is 35.0 Å². The fourth-order valence-corrected chi connectivity index (χ4v) is 4.78. The summed E-state index contributed by atoms with van der Waals surface area (Å²) in [5.74, 6) is 0.535. The van der Waals surface area contributed by atoms with Crippen molar-refractivity contribution in [3.63, 3.8) is 0 Å². The van der Waals surface area contributed by atoms with E-state index in [0.29, 0.717) is 21.5 Å². The number of aromatic nitrogens is 1. The molecule has 0 radical (unpaired) electrons. The quantitative estimate of drug-likeness (QED) is 0.100. The second-order valence-electron chi connectivity index (χ2n) is 9.65. The lowest BCUT2D eigenvalue weighted by molar-refractivity contribution is -0.149. The third kappa shape index (κ3) is 7.99. The van der Waals surface area contributed by atoms with Crippen molar-refractivity contribution >= 4 is 45.6 Å². The van der Waals surface area contributed by atoms with Crippen LogP contribution in [-0.4, -0.2) is 42.5 Å². The number of rotatable bonds is 12. The van der Waals surface area contributed by atoms with Crippen LogP contribution in [0.15, 0.2) is 68.6 Å². The van der Waals surface area contributed by atoms with Gasteiger partial charge in [0.2, 0.25) is 0 Å². The van der Waals surface area contributed by atoms with Gasteiger partial charge in [0.15, 0.2) is 23.9 Å². The molecule has 0 aliphatic rings. The van der Waals surface area contributed by atoms with Crippen LogP contribution in [0.25, 0.3) is 5.69 Å². The Hall–Kier alpha value is -4.22. The molecular weight excluding hydrogens is 642 g/mol. The first-order valence-corrected chi connectivity index (χ1v) is 14.4. The zero-order valence-electron chi connectivity index (χ0n) is 24.3. The van der Waals surface area contributed by atoms with Gasteiger partial charge in [-0.1, -0.05) is 11.6 Å². The van der Waals surface area contributed by atoms with Crippen LogP contribution >= 0.6 is 27.5 Å². The molecule has 1 amide bonds. The van der Waals surface area contributed by atoms with E-state index in [1.54, 1.807) is 26.0 Å². The molecular formula is C31H31BrClN3O7. The van der Waals surface area contributed by atoms with Crippen molar-refractivity contribution in [3.8, 4) is 22.9 Å². The van der Waals surface area contributed by atoms with Gasteiger partial charge >= 0.3 is 11.9 Å². The summed E-state index contributed by atoms with van der Waals surface area (Å²) in [5.41, 5.74) is 6.25. The minimum Gasteiger partial charge on any atom is -0.493 e. The van der Waals surface area contributed by atoms with E-state index in [9.17, 15) is 9.59 Å². The van der Waals surface area contributed by atoms with Gasteiger partial charge in [0, 0.05) is 27.1 Å². The maximum atomic E-state index is 12.6. The Labute approximate surface area is 262 Å². The maximum absolute atomic E-state index is 12.6. The van der Waals surface area contributed by atoms with Gasteiger partial charge < -0.3 is 27.9 Å². The molecule has 43 heavy (non-hydrogen) atoms. The van der Waals surface area contributed by atoms with Crippen molar-refractivity contribution in [2.45, 2.75) is 40.4 Å². The Balaban J connectivity index is 1.33. The van der Waals surface area contributed by atoms with Gasteiger partial charge in [-0.15, -0.1) is 0 Å². The van der Waals surface area contributed by atoms with E-state index >= 15 is 0 Å². The highest BCUT2D eigenvalue weighted by Crippen LogP contribution is 2.42. The summed E-state index contributed by atoms with van der Waals surface area (Å²) >= 11 is 9.84. The second-order valence-corrected chi connectivity index (χ2v) is 10.8. The molecule has 0 aliphatic heterocycles. The van der Waals surface area contributed by atoms with E-state index in [1.165, 1.54) is 19.4 Å². The number of ether oxygens (including phenoxy) is 4. The SMILES string of the molecule is COc1cc(/C=N/NC(=O)c2ccc(COc3ccc(-n4c(C)ccc4C)cc3)o2)c(Br)c(Cl)c1OCC(=O)OC(C)C. The largest absolute Gasteiger partial charge is 0.493 e. The predicted octanol–water partition coefficient (Wildman–Crippen LogP) is 6.78. The van der Waals surface area contributed by atoms with Crippen LogP contribution in [0.4, 0.5) is 0 Å². The highest BCUT2D eigenvalue weighted by molar-refractivity contribution is 9.10. The molecule has 0 unspecified atom stereocenters. The second kappa shape index (κ2) is 14.3. The summed E-state index contributed by atoms with van der Waals surface area (Å²) in [6.45, 7) is 7.39. The number of hydrazone groups is 1. The number of nitrogens with zero attached hydrogens (tertiary/aromatic N) is 2. The van der Waals surface area contributed by atoms with Crippen LogP contribution in [0.3, 0.4) is 0 Å². The molecule has 10 nitrogen and oxygen atoms in total. The summed E-state index contributed by atoms with van der Waals surface area (Å²) in [7, 11) is 1.43. The molecule has 2 aromatic carbocycles. The highest BCUT2D eigenvalue weighted by atomic mass is 79.9. The van der Waals surface area contributed by atoms with Crippen molar-refractivity contribution < 1.29 is 33.0 Å². The number of carbonyl (C=O) groups excluding carboxylic acids is 2. The van der Waals surface area contributed by atoms with Crippen molar-refractivity contribution in [1.82, 2.24) is 9.99 Å². The summed E-state index contributed by atoms with van der Waals surface area (Å²) in [4.78, 5) is 24.5. The average Bonchev–Trinajstić information content (AvgIpc) is 3.59. The number of amides is 1. The number of hydrogen-bond acceptors (Lipinski definition) is 8. The lowest BCUT2D eigenvalue weighted by atomic mass is 10.2. The summed E-state index contributed by atoms with van der Waals surface area (Å²) in [6, 6.07) is 16.7. The summed E-state index contributed by atoms with van der Waals surface area (Å²) < 4.78 is 30.0. The monoisotopic (exact) mass is 671 g/mol. The molecule has 12 heteroatoms. The fourth-order valence-electron chi connectivity index (χ4n) is 4.13. The smallest absolute Gasteiger partial charge is 0.344 e. The van der Waals surface area contributed by atoms with Gasteiger partial charge in [-0.2, -0.15) is 5.10 Å². The van der Waals surface area contributed by atoms with Crippen LogP contribution < -0.4 is 19.6 Å². The molecule has 0 saturated carbocycles. The number of halogens is 2. The lowest BCUT2D eigenvalue weighted by Crippen LogP contribution is -2.19. The van der Waals surface area contributed by atoms with E-state index in [0.717, 1.165) is 17.1 Å². The van der Waals surface area contributed by atoms with Crippen molar-refractivity contribution in [1.29, 1.82) is 0 Å². The summed E-state index contributed by atoms with van der Waals surface area (Å²) in [5, 5.41) is 4.16. The lowest BCUT2D eigenvalue weighted by Gasteiger charge is -2.15. The number of hydrogen-bond donors (Lipinski definition) is 1. The minimum atomic E-state index is -0.554. The van der Waals surface area contributed by atoms with Crippen molar-refractivity contribution in [2.75, 3.05) is 13.7 Å². The van der Waals surface area contributed by atoms with Crippen LogP contribution in [0.1, 0.15) is 47.1 Å². The molecule has 2 heterocycles. The number of benzene rings is 2. The number of aryl methyl sites for hydroxylation is 2. The number of furan rings is 1. The van der Waals surface area contributed by atoms with Gasteiger partial charge in [-0.05, 0) is 98.2 Å². The first kappa shape index (κ1) is 31.7. The van der Waals surface area contributed by atoms with Crippen LogP contribution in [0, 0.1) is 13.8 Å². The maximum Gasteiger partial charge on any atom is 0.344 e. The number of carbonyl (C=O) groups is 2. The number of nitrogens with one attached hydrogen (secondary N) is 1. The van der Waals surface area contributed by atoms with E-state index < -0.39 is 11.9 Å². The van der Waals surface area contributed by atoms with Crippen LogP contribution in [-0.2, 0) is 16.1 Å². The van der Waals surface area contributed by atoms with Crippen LogP contribution in [0.5, 0.6) is 17.2 Å². The molecule has 2 aromatic heterocycles. The van der Waals surface area contributed by atoms with Crippen molar-refractivity contribution in [2.24, 2.45) is 5.10 Å². The number of methoxy groups -OCH3 is 1. The first-order valence-electron chi connectivity index (χ1n) is 13.3. The molecule has 0 aliphatic carbocycles. The Morgan fingerprint density at radius 1 is 1.07 bits per heavy atom. The standard InChI is InChI=1S/C31H31BrClN3O7/c1-18(2)42-27(37)17-41-30-26(39-5)14-21(28(32)29(30)33)15-34-35-31(38)25-13-12-24(43-25)16-40-23-10-8-22(9-11-23)36-19(3)6-7-20(36)4/h6-15,18H,16-17H2,1-5H3,(H,35,38)/b34-15+. The predicted molar refractivity (Wildman–Crippen MR) is 166 cm³/mol. The average molecular weight is 673 g/mol. The molecule has 4 rings (SSSR count). The third-order valence-corrected chi connectivity index (χ3v) is 7.52. The van der Waals surface area contributed by atoms with Gasteiger partial charge in [0.1, 0.15) is 23.1 Å². The molecule has 4 aromatic rings. The molecule has 1 N–H and O–H groups in total. The molecule has 0 bridgehead atoms. The Bertz CT molecular complexity index is 1610. The normalized spacial score (nSPS) is 11.2. The van der Waals surface area contributed by atoms with E-state index in [1.807, 2.05) is 24.3 Å². The molecule has 0 fully saturated rings. The molecule has 0 spiro atoms. The van der Waals surface area contributed by atoms with E-state index in [2.05, 4.69) is 57.0 Å². The number of esters is 1. The van der Waals surface area contributed by atoms with Gasteiger partial charge in [-0.25, -0.2) is 10.2 Å².